The first-order valence-electron chi connectivity index (χ1n) is 14.6. The summed E-state index contributed by atoms with van der Waals surface area (Å²) in [4.78, 5) is 13.2. The van der Waals surface area contributed by atoms with Crippen molar-refractivity contribution in [2.24, 2.45) is 0 Å². The Bertz CT molecular complexity index is 1860. The SMILES string of the molecule is C[C@]1(O)CCCN(c2nc(OC[C@@]34CCCN3C[C@H](F)C4)nc3c(F)c(-c4ccc(F)c5sc(N)c(C#N)c45)c(Cl)cc23)C1. The summed E-state index contributed by atoms with van der Waals surface area (Å²) in [5.74, 6) is -1.02. The zero-order valence-electron chi connectivity index (χ0n) is 24.0. The smallest absolute Gasteiger partial charge is 0.319 e. The number of nitrogen functional groups attached to an aromatic ring is 1. The van der Waals surface area contributed by atoms with Crippen LogP contribution >= 0.6 is 22.9 Å². The molecule has 0 aliphatic carbocycles. The van der Waals surface area contributed by atoms with Gasteiger partial charge >= 0.3 is 6.01 Å². The maximum absolute atomic E-state index is 16.8. The largest absolute Gasteiger partial charge is 0.461 e. The summed E-state index contributed by atoms with van der Waals surface area (Å²) in [5.41, 5.74) is 4.68. The highest BCUT2D eigenvalue weighted by atomic mass is 35.5. The molecule has 3 aliphatic rings. The number of nitriles is 1. The number of halogens is 4. The molecular weight excluding hydrogens is 613 g/mol. The Morgan fingerprint density at radius 1 is 1.25 bits per heavy atom. The van der Waals surface area contributed by atoms with Gasteiger partial charge in [-0.2, -0.15) is 15.2 Å². The lowest BCUT2D eigenvalue weighted by atomic mass is 9.94. The Labute approximate surface area is 260 Å². The summed E-state index contributed by atoms with van der Waals surface area (Å²) in [7, 11) is 0. The molecule has 8 nitrogen and oxygen atoms in total. The van der Waals surface area contributed by atoms with Crippen LogP contribution in [0.2, 0.25) is 5.02 Å². The lowest BCUT2D eigenvalue weighted by molar-refractivity contribution is 0.0447. The number of aliphatic hydroxyl groups is 1. The number of alkyl halides is 1. The molecule has 0 unspecified atom stereocenters. The Morgan fingerprint density at radius 3 is 2.82 bits per heavy atom. The number of anilines is 2. The zero-order valence-corrected chi connectivity index (χ0v) is 25.5. The third-order valence-electron chi connectivity index (χ3n) is 9.25. The van der Waals surface area contributed by atoms with Crippen molar-refractivity contribution in [1.29, 1.82) is 5.26 Å². The van der Waals surface area contributed by atoms with Gasteiger partial charge in [0.2, 0.25) is 0 Å². The van der Waals surface area contributed by atoms with Crippen LogP contribution in [0.3, 0.4) is 0 Å². The third-order valence-corrected chi connectivity index (χ3v) is 10.6. The second kappa shape index (κ2) is 10.6. The molecule has 3 saturated heterocycles. The number of hydrogen-bond acceptors (Lipinski definition) is 9. The molecular formula is C31H30ClF3N6O2S. The van der Waals surface area contributed by atoms with E-state index >= 15 is 4.39 Å². The van der Waals surface area contributed by atoms with E-state index in [4.69, 9.17) is 27.1 Å². The number of fused-ring (bicyclic) bond motifs is 3. The summed E-state index contributed by atoms with van der Waals surface area (Å²) in [6, 6.07) is 6.06. The minimum absolute atomic E-state index is 0.0132. The van der Waals surface area contributed by atoms with Crippen LogP contribution < -0.4 is 15.4 Å². The predicted octanol–water partition coefficient (Wildman–Crippen LogP) is 6.20. The van der Waals surface area contributed by atoms with Crippen LogP contribution in [0.1, 0.15) is 44.6 Å². The van der Waals surface area contributed by atoms with E-state index in [2.05, 4.69) is 9.88 Å². The first-order valence-corrected chi connectivity index (χ1v) is 15.8. The molecule has 0 amide bonds. The molecule has 3 N–H and O–H groups in total. The average molecular weight is 643 g/mol. The highest BCUT2D eigenvalue weighted by molar-refractivity contribution is 7.23. The molecule has 44 heavy (non-hydrogen) atoms. The van der Waals surface area contributed by atoms with Gasteiger partial charge in [0.05, 0.1) is 26.4 Å². The summed E-state index contributed by atoms with van der Waals surface area (Å²) in [6.45, 7) is 3.84. The van der Waals surface area contributed by atoms with Crippen molar-refractivity contribution >= 4 is 54.7 Å². The molecule has 7 rings (SSSR count). The van der Waals surface area contributed by atoms with Gasteiger partial charge in [-0.1, -0.05) is 17.7 Å². The molecule has 2 aromatic heterocycles. The molecule has 3 atom stereocenters. The summed E-state index contributed by atoms with van der Waals surface area (Å²) < 4.78 is 52.3. The maximum Gasteiger partial charge on any atom is 0.319 e. The van der Waals surface area contributed by atoms with Gasteiger partial charge in [-0.15, -0.1) is 11.3 Å². The van der Waals surface area contributed by atoms with Crippen molar-refractivity contribution < 1.29 is 23.0 Å². The fourth-order valence-corrected chi connectivity index (χ4v) is 8.51. The molecule has 230 valence electrons. The average Bonchev–Trinajstić information content (AvgIpc) is 3.62. The second-order valence-corrected chi connectivity index (χ2v) is 13.9. The van der Waals surface area contributed by atoms with E-state index in [1.54, 1.807) is 13.0 Å². The van der Waals surface area contributed by atoms with E-state index in [0.29, 0.717) is 43.6 Å². The number of β-amino-alcohol motifs (C(OH)–C–C–N with tert-alkyl or cyclic N) is 1. The van der Waals surface area contributed by atoms with Gasteiger partial charge in [-0.3, -0.25) is 4.90 Å². The van der Waals surface area contributed by atoms with Crippen molar-refractivity contribution in [3.63, 3.8) is 0 Å². The fraction of sp³-hybridized carbons (Fsp3) is 0.452. The monoisotopic (exact) mass is 642 g/mol. The highest BCUT2D eigenvalue weighted by Crippen LogP contribution is 2.46. The van der Waals surface area contributed by atoms with E-state index in [0.717, 1.165) is 30.7 Å². The maximum atomic E-state index is 16.8. The number of hydrogen-bond donors (Lipinski definition) is 2. The number of rotatable bonds is 5. The lowest BCUT2D eigenvalue weighted by Gasteiger charge is -2.38. The molecule has 4 aromatic rings. The van der Waals surface area contributed by atoms with E-state index in [1.165, 1.54) is 12.1 Å². The molecule has 0 saturated carbocycles. The fourth-order valence-electron chi connectivity index (χ4n) is 7.27. The van der Waals surface area contributed by atoms with E-state index in [-0.39, 0.29) is 61.5 Å². The van der Waals surface area contributed by atoms with Gasteiger partial charge in [-0.25, -0.2) is 13.2 Å². The van der Waals surface area contributed by atoms with Gasteiger partial charge in [0.25, 0.3) is 0 Å². The van der Waals surface area contributed by atoms with Gasteiger partial charge in [0, 0.05) is 42.4 Å². The number of thiophene rings is 1. The molecule has 5 heterocycles. The number of ether oxygens (including phenoxy) is 1. The molecule has 0 spiro atoms. The summed E-state index contributed by atoms with van der Waals surface area (Å²) in [5, 5.41) is 21.3. The minimum atomic E-state index is -0.992. The van der Waals surface area contributed by atoms with Crippen molar-refractivity contribution in [1.82, 2.24) is 14.9 Å². The van der Waals surface area contributed by atoms with Gasteiger partial charge in [0.15, 0.2) is 5.82 Å². The summed E-state index contributed by atoms with van der Waals surface area (Å²) in [6.07, 6.45) is 2.40. The third kappa shape index (κ3) is 4.72. The van der Waals surface area contributed by atoms with Crippen molar-refractivity contribution in [3.8, 4) is 23.2 Å². The molecule has 0 bridgehead atoms. The number of piperidine rings is 1. The Balaban J connectivity index is 1.40. The van der Waals surface area contributed by atoms with Crippen LogP contribution in [0.15, 0.2) is 18.2 Å². The minimum Gasteiger partial charge on any atom is -0.461 e. The van der Waals surface area contributed by atoms with Crippen LogP contribution in [0.5, 0.6) is 6.01 Å². The van der Waals surface area contributed by atoms with E-state index in [9.17, 15) is 19.1 Å². The quantitative estimate of drug-likeness (QED) is 0.265. The molecule has 3 fully saturated rings. The number of benzene rings is 2. The zero-order chi connectivity index (χ0) is 31.0. The lowest BCUT2D eigenvalue weighted by Crippen LogP contribution is -2.46. The molecule has 0 radical (unpaired) electrons. The Kier molecular flexibility index (Phi) is 7.08. The Morgan fingerprint density at radius 2 is 2.05 bits per heavy atom. The van der Waals surface area contributed by atoms with Gasteiger partial charge in [0.1, 0.15) is 41.0 Å². The van der Waals surface area contributed by atoms with Gasteiger partial charge < -0.3 is 20.5 Å². The van der Waals surface area contributed by atoms with Crippen LogP contribution in [-0.2, 0) is 0 Å². The van der Waals surface area contributed by atoms with Crippen molar-refractivity contribution in [2.75, 3.05) is 43.4 Å². The number of nitrogens with two attached hydrogens (primary N) is 1. The Hall–Kier alpha value is -3.37. The van der Waals surface area contributed by atoms with Gasteiger partial charge in [-0.05, 0) is 56.8 Å². The first kappa shape index (κ1) is 29.3. The summed E-state index contributed by atoms with van der Waals surface area (Å²) >= 11 is 7.68. The highest BCUT2D eigenvalue weighted by Gasteiger charge is 2.49. The normalized spacial score (nSPS) is 25.6. The molecule has 3 aliphatic heterocycles. The van der Waals surface area contributed by atoms with E-state index in [1.807, 2.05) is 11.0 Å². The van der Waals surface area contributed by atoms with Crippen molar-refractivity contribution in [3.05, 3.63) is 40.4 Å². The van der Waals surface area contributed by atoms with Crippen LogP contribution in [0.4, 0.5) is 24.0 Å². The standard InChI is InChI=1S/C31H30ClF3N6O2S/c1-30(42)6-2-8-40(14-30)28-18-10-20(32)23(17-4-5-21(34)26-22(17)19(12-36)27(37)44-26)24(35)25(18)38-29(39-28)43-15-31-7-3-9-41(31)13-16(33)11-31/h4-5,10,16,42H,2-3,6-9,11,13-15,37H2,1H3/t16-,30+,31+/m1/s1. The first-order chi connectivity index (χ1) is 21.0. The van der Waals surface area contributed by atoms with Crippen LogP contribution in [0, 0.1) is 23.0 Å². The topological polar surface area (TPSA) is 112 Å². The second-order valence-electron chi connectivity index (χ2n) is 12.4. The van der Waals surface area contributed by atoms with Crippen LogP contribution in [0.25, 0.3) is 32.1 Å². The van der Waals surface area contributed by atoms with Crippen molar-refractivity contribution in [2.45, 2.75) is 56.3 Å². The molecule has 13 heteroatoms. The predicted molar refractivity (Wildman–Crippen MR) is 165 cm³/mol. The number of aromatic nitrogens is 2. The number of nitrogens with zero attached hydrogens (tertiary/aromatic N) is 5. The van der Waals surface area contributed by atoms with E-state index < -0.39 is 28.9 Å². The molecule has 2 aromatic carbocycles. The van der Waals surface area contributed by atoms with Crippen LogP contribution in [-0.4, -0.2) is 70.1 Å².